The standard InChI is InChI=1S/C25H24ClN3O4/c1-14-21-23(28-33-14)22-19(26)7-4-8-20(22)29(25(21)31)17-10-9-15(11-17)13-27-24(30)16-5-3-6-18(12-16)32-2/h3-8,12,15,17H,9-11,13H2,1-2H3,(H,27,30)/t15-,17+/m0/s1. The molecule has 0 radical (unpaired) electrons. The molecular formula is C25H24ClN3O4. The zero-order valence-corrected chi connectivity index (χ0v) is 19.2. The molecule has 0 spiro atoms. The van der Waals surface area contributed by atoms with Crippen LogP contribution in [0.3, 0.4) is 0 Å². The van der Waals surface area contributed by atoms with Gasteiger partial charge in [-0.25, -0.2) is 0 Å². The molecule has 7 nitrogen and oxygen atoms in total. The highest BCUT2D eigenvalue weighted by Gasteiger charge is 2.30. The summed E-state index contributed by atoms with van der Waals surface area (Å²) in [4.78, 5) is 26.1. The molecule has 33 heavy (non-hydrogen) atoms. The van der Waals surface area contributed by atoms with Gasteiger partial charge in [0.15, 0.2) is 0 Å². The second kappa shape index (κ2) is 8.56. The van der Waals surface area contributed by atoms with Crippen molar-refractivity contribution in [1.29, 1.82) is 0 Å². The number of ether oxygens (including phenoxy) is 1. The summed E-state index contributed by atoms with van der Waals surface area (Å²) in [6.45, 7) is 2.30. The number of rotatable bonds is 5. The largest absolute Gasteiger partial charge is 0.497 e. The molecule has 2 aromatic heterocycles. The number of methoxy groups -OCH3 is 1. The second-order valence-corrected chi connectivity index (χ2v) is 8.95. The van der Waals surface area contributed by atoms with Gasteiger partial charge in [-0.2, -0.15) is 0 Å². The molecule has 2 heterocycles. The van der Waals surface area contributed by atoms with Crippen LogP contribution in [0.4, 0.5) is 0 Å². The number of benzene rings is 2. The molecule has 1 aliphatic carbocycles. The van der Waals surface area contributed by atoms with E-state index in [-0.39, 0.29) is 23.4 Å². The van der Waals surface area contributed by atoms with Gasteiger partial charge in [0.1, 0.15) is 22.4 Å². The molecule has 0 aliphatic heterocycles. The normalized spacial score (nSPS) is 18.2. The third-order valence-electron chi connectivity index (χ3n) is 6.55. The maximum Gasteiger partial charge on any atom is 0.264 e. The van der Waals surface area contributed by atoms with Crippen molar-refractivity contribution in [2.75, 3.05) is 13.7 Å². The Morgan fingerprint density at radius 3 is 2.88 bits per heavy atom. The number of amides is 1. The number of carbonyl (C=O) groups is 1. The van der Waals surface area contributed by atoms with E-state index < -0.39 is 0 Å². The first-order chi connectivity index (χ1) is 16.0. The van der Waals surface area contributed by atoms with E-state index in [0.717, 1.165) is 30.2 Å². The van der Waals surface area contributed by atoms with Crippen molar-refractivity contribution in [1.82, 2.24) is 15.0 Å². The van der Waals surface area contributed by atoms with E-state index in [0.29, 0.717) is 39.5 Å². The van der Waals surface area contributed by atoms with E-state index in [1.165, 1.54) is 0 Å². The van der Waals surface area contributed by atoms with Crippen molar-refractivity contribution in [3.63, 3.8) is 0 Å². The predicted molar refractivity (Wildman–Crippen MR) is 127 cm³/mol. The molecule has 1 aliphatic rings. The number of halogens is 1. The van der Waals surface area contributed by atoms with Crippen molar-refractivity contribution in [2.45, 2.75) is 32.2 Å². The molecule has 2 atom stereocenters. The van der Waals surface area contributed by atoms with Crippen LogP contribution in [0, 0.1) is 12.8 Å². The Kier molecular flexibility index (Phi) is 5.58. The predicted octanol–water partition coefficient (Wildman–Crippen LogP) is 4.88. The third kappa shape index (κ3) is 3.76. The maximum absolute atomic E-state index is 13.5. The van der Waals surface area contributed by atoms with Crippen molar-refractivity contribution in [3.8, 4) is 5.75 Å². The van der Waals surface area contributed by atoms with Crippen LogP contribution in [0.25, 0.3) is 21.8 Å². The first-order valence-corrected chi connectivity index (χ1v) is 11.4. The average molecular weight is 466 g/mol. The number of aryl methyl sites for hydroxylation is 1. The lowest BCUT2D eigenvalue weighted by atomic mass is 10.1. The first-order valence-electron chi connectivity index (χ1n) is 11.0. The van der Waals surface area contributed by atoms with Gasteiger partial charge in [-0.05, 0) is 62.4 Å². The number of aromatic nitrogens is 2. The van der Waals surface area contributed by atoms with E-state index in [2.05, 4.69) is 10.5 Å². The number of carbonyl (C=O) groups excluding carboxylic acids is 1. The number of fused-ring (bicyclic) bond motifs is 3. The second-order valence-electron chi connectivity index (χ2n) is 8.55. The van der Waals surface area contributed by atoms with Crippen molar-refractivity contribution in [3.05, 3.63) is 69.2 Å². The van der Waals surface area contributed by atoms with Crippen LogP contribution < -0.4 is 15.6 Å². The van der Waals surface area contributed by atoms with E-state index >= 15 is 0 Å². The SMILES string of the molecule is COc1cccc(C(=O)NC[C@H]2CC[C@@H](n3c(=O)c4c(C)onc4c4c(Cl)cccc43)C2)c1. The fourth-order valence-corrected chi connectivity index (χ4v) is 5.17. The van der Waals surface area contributed by atoms with Crippen LogP contribution >= 0.6 is 11.6 Å². The zero-order chi connectivity index (χ0) is 23.1. The Hall–Kier alpha value is -3.32. The first kappa shape index (κ1) is 21.5. The average Bonchev–Trinajstić information content (AvgIpc) is 3.44. The summed E-state index contributed by atoms with van der Waals surface area (Å²) in [5, 5.41) is 8.90. The van der Waals surface area contributed by atoms with Gasteiger partial charge in [-0.3, -0.25) is 9.59 Å². The third-order valence-corrected chi connectivity index (χ3v) is 6.86. The van der Waals surface area contributed by atoms with E-state index in [4.69, 9.17) is 20.9 Å². The molecule has 0 bridgehead atoms. The van der Waals surface area contributed by atoms with Gasteiger partial charge in [0.05, 0.1) is 17.6 Å². The highest BCUT2D eigenvalue weighted by Crippen LogP contribution is 2.38. The summed E-state index contributed by atoms with van der Waals surface area (Å²) < 4.78 is 12.4. The van der Waals surface area contributed by atoms with Crippen molar-refractivity contribution < 1.29 is 14.1 Å². The summed E-state index contributed by atoms with van der Waals surface area (Å²) in [6.07, 6.45) is 2.55. The molecule has 1 saturated carbocycles. The fraction of sp³-hybridized carbons (Fsp3) is 0.320. The molecule has 0 unspecified atom stereocenters. The fourth-order valence-electron chi connectivity index (χ4n) is 4.91. The monoisotopic (exact) mass is 465 g/mol. The Morgan fingerprint density at radius 1 is 1.24 bits per heavy atom. The molecule has 0 saturated heterocycles. The van der Waals surface area contributed by atoms with Crippen LogP contribution in [-0.4, -0.2) is 29.3 Å². The Bertz CT molecular complexity index is 1420. The van der Waals surface area contributed by atoms with Crippen molar-refractivity contribution >= 4 is 39.3 Å². The van der Waals surface area contributed by atoms with Gasteiger partial charge >= 0.3 is 0 Å². The minimum Gasteiger partial charge on any atom is -0.497 e. The topological polar surface area (TPSA) is 86.4 Å². The van der Waals surface area contributed by atoms with Gasteiger partial charge in [-0.15, -0.1) is 0 Å². The molecule has 1 N–H and O–H groups in total. The number of pyridine rings is 1. The van der Waals surface area contributed by atoms with Crippen molar-refractivity contribution in [2.24, 2.45) is 5.92 Å². The van der Waals surface area contributed by atoms with Crippen LogP contribution in [-0.2, 0) is 0 Å². The molecule has 1 amide bonds. The molecule has 1 fully saturated rings. The summed E-state index contributed by atoms with van der Waals surface area (Å²) in [6, 6.07) is 12.7. The number of nitrogens with zero attached hydrogens (tertiary/aromatic N) is 2. The number of nitrogens with one attached hydrogen (secondary N) is 1. The smallest absolute Gasteiger partial charge is 0.264 e. The van der Waals surface area contributed by atoms with Crippen LogP contribution in [0.2, 0.25) is 5.02 Å². The molecular weight excluding hydrogens is 442 g/mol. The molecule has 8 heteroatoms. The maximum atomic E-state index is 13.5. The zero-order valence-electron chi connectivity index (χ0n) is 18.4. The lowest BCUT2D eigenvalue weighted by molar-refractivity contribution is 0.0946. The Labute approximate surface area is 195 Å². The molecule has 5 rings (SSSR count). The van der Waals surface area contributed by atoms with Crippen LogP contribution in [0.1, 0.15) is 41.4 Å². The minimum absolute atomic E-state index is 0.0101. The van der Waals surface area contributed by atoms with Gasteiger partial charge in [-0.1, -0.05) is 28.9 Å². The number of hydrogen-bond donors (Lipinski definition) is 1. The summed E-state index contributed by atoms with van der Waals surface area (Å²) in [7, 11) is 1.58. The summed E-state index contributed by atoms with van der Waals surface area (Å²) in [5.41, 5.74) is 1.73. The van der Waals surface area contributed by atoms with Gasteiger partial charge in [0, 0.05) is 23.5 Å². The van der Waals surface area contributed by atoms with E-state index in [1.54, 1.807) is 44.4 Å². The Morgan fingerprint density at radius 2 is 2.06 bits per heavy atom. The number of hydrogen-bond acceptors (Lipinski definition) is 5. The highest BCUT2D eigenvalue weighted by molar-refractivity contribution is 6.37. The van der Waals surface area contributed by atoms with E-state index in [9.17, 15) is 9.59 Å². The van der Waals surface area contributed by atoms with Crippen LogP contribution in [0.15, 0.2) is 51.8 Å². The quantitative estimate of drug-likeness (QED) is 0.453. The van der Waals surface area contributed by atoms with Gasteiger partial charge in [0.25, 0.3) is 11.5 Å². The lowest BCUT2D eigenvalue weighted by Gasteiger charge is -2.19. The van der Waals surface area contributed by atoms with E-state index in [1.807, 2.05) is 16.7 Å². The van der Waals surface area contributed by atoms with Gasteiger partial charge in [0.2, 0.25) is 0 Å². The minimum atomic E-state index is -0.131. The Balaban J connectivity index is 1.40. The van der Waals surface area contributed by atoms with Gasteiger partial charge < -0.3 is 19.1 Å². The lowest BCUT2D eigenvalue weighted by Crippen LogP contribution is -2.29. The van der Waals surface area contributed by atoms with Crippen LogP contribution in [0.5, 0.6) is 5.75 Å². The highest BCUT2D eigenvalue weighted by atomic mass is 35.5. The summed E-state index contributed by atoms with van der Waals surface area (Å²) in [5.74, 6) is 1.27. The molecule has 170 valence electrons. The molecule has 4 aromatic rings. The summed E-state index contributed by atoms with van der Waals surface area (Å²) >= 11 is 6.52. The molecule has 2 aromatic carbocycles.